The second kappa shape index (κ2) is 7.59. The van der Waals surface area contributed by atoms with Crippen LogP contribution in [0.15, 0.2) is 46.8 Å². The van der Waals surface area contributed by atoms with Gasteiger partial charge in [0.15, 0.2) is 0 Å². The Balaban J connectivity index is 1.30. The van der Waals surface area contributed by atoms with Gasteiger partial charge in [0.1, 0.15) is 5.25 Å². The summed E-state index contributed by atoms with van der Waals surface area (Å²) in [6, 6.07) is 8.60. The second-order valence-electron chi connectivity index (χ2n) is 6.66. The van der Waals surface area contributed by atoms with Gasteiger partial charge in [0, 0.05) is 31.7 Å². The molecule has 1 N–H and O–H groups in total. The van der Waals surface area contributed by atoms with Crippen molar-refractivity contribution in [1.82, 2.24) is 10.2 Å². The standard InChI is InChI=1S/C19H18N4O4S/c24-15-10-12(11-23(15)13-4-2-1-3-5-13)17(25)20-7-8-22-18(26)16-14(6-9-28-16)21-19(22)27/h1-6,9,12,16H,7-8,10-11H2,(H,20,25). The van der Waals surface area contributed by atoms with Crippen molar-refractivity contribution in [1.29, 1.82) is 0 Å². The first-order chi connectivity index (χ1) is 13.5. The zero-order chi connectivity index (χ0) is 19.7. The van der Waals surface area contributed by atoms with E-state index in [0.717, 1.165) is 10.6 Å². The fourth-order valence-electron chi connectivity index (χ4n) is 3.41. The van der Waals surface area contributed by atoms with Crippen molar-refractivity contribution in [2.45, 2.75) is 11.7 Å². The number of nitrogens with zero attached hydrogens (tertiary/aromatic N) is 3. The number of nitrogens with one attached hydrogen (secondary N) is 1. The Morgan fingerprint density at radius 3 is 2.79 bits per heavy atom. The van der Waals surface area contributed by atoms with Gasteiger partial charge >= 0.3 is 6.03 Å². The van der Waals surface area contributed by atoms with E-state index in [1.54, 1.807) is 16.4 Å². The van der Waals surface area contributed by atoms with Crippen molar-refractivity contribution in [3.8, 4) is 0 Å². The lowest BCUT2D eigenvalue weighted by molar-refractivity contribution is -0.128. The Bertz CT molecular complexity index is 898. The number of hydrogen-bond acceptors (Lipinski definition) is 5. The lowest BCUT2D eigenvalue weighted by Gasteiger charge is -2.26. The van der Waals surface area contributed by atoms with Gasteiger partial charge in [-0.1, -0.05) is 18.2 Å². The van der Waals surface area contributed by atoms with E-state index in [1.165, 1.54) is 11.8 Å². The Morgan fingerprint density at radius 2 is 2.00 bits per heavy atom. The number of imide groups is 1. The third-order valence-electron chi connectivity index (χ3n) is 4.87. The molecule has 1 aromatic carbocycles. The summed E-state index contributed by atoms with van der Waals surface area (Å²) < 4.78 is 0. The largest absolute Gasteiger partial charge is 0.354 e. The van der Waals surface area contributed by atoms with Crippen LogP contribution >= 0.6 is 11.8 Å². The van der Waals surface area contributed by atoms with Gasteiger partial charge in [0.25, 0.3) is 0 Å². The van der Waals surface area contributed by atoms with Crippen molar-refractivity contribution in [2.24, 2.45) is 10.9 Å². The number of benzene rings is 1. The van der Waals surface area contributed by atoms with Gasteiger partial charge in [-0.25, -0.2) is 4.79 Å². The molecule has 0 radical (unpaired) electrons. The van der Waals surface area contributed by atoms with Crippen molar-refractivity contribution >= 4 is 46.9 Å². The maximum atomic E-state index is 12.4. The van der Waals surface area contributed by atoms with Crippen molar-refractivity contribution in [2.75, 3.05) is 24.5 Å². The number of carbonyl (C=O) groups excluding carboxylic acids is 4. The smallest absolute Gasteiger partial charge is 0.350 e. The number of fused-ring (bicyclic) bond motifs is 1. The minimum Gasteiger partial charge on any atom is -0.354 e. The van der Waals surface area contributed by atoms with E-state index in [-0.39, 0.29) is 37.2 Å². The predicted octanol–water partition coefficient (Wildman–Crippen LogP) is 1.19. The highest BCUT2D eigenvalue weighted by Gasteiger charge is 2.39. The average molecular weight is 398 g/mol. The number of amides is 5. The number of hydrogen-bond donors (Lipinski definition) is 1. The van der Waals surface area contributed by atoms with Crippen molar-refractivity contribution < 1.29 is 19.2 Å². The molecule has 0 spiro atoms. The van der Waals surface area contributed by atoms with E-state index >= 15 is 0 Å². The van der Waals surface area contributed by atoms with Gasteiger partial charge < -0.3 is 10.2 Å². The molecule has 4 rings (SSSR count). The molecular formula is C19H18N4O4S. The monoisotopic (exact) mass is 398 g/mol. The number of para-hydroxylation sites is 1. The van der Waals surface area contributed by atoms with Crippen LogP contribution in [-0.2, 0) is 14.4 Å². The Kier molecular flexibility index (Phi) is 4.99. The van der Waals surface area contributed by atoms with Crippen LogP contribution < -0.4 is 10.2 Å². The zero-order valence-corrected chi connectivity index (χ0v) is 15.7. The molecule has 3 aliphatic rings. The number of urea groups is 1. The van der Waals surface area contributed by atoms with Crippen LogP contribution in [0.25, 0.3) is 0 Å². The molecule has 144 valence electrons. The summed E-state index contributed by atoms with van der Waals surface area (Å²) in [5.41, 5.74) is 1.24. The van der Waals surface area contributed by atoms with Crippen LogP contribution in [-0.4, -0.2) is 59.2 Å². The van der Waals surface area contributed by atoms with Crippen LogP contribution in [0.4, 0.5) is 10.5 Å². The highest BCUT2D eigenvalue weighted by molar-refractivity contribution is 8.04. The van der Waals surface area contributed by atoms with Crippen molar-refractivity contribution in [3.05, 3.63) is 41.8 Å². The molecule has 8 nitrogen and oxygen atoms in total. The van der Waals surface area contributed by atoms with Gasteiger partial charge in [0.05, 0.1) is 11.6 Å². The zero-order valence-electron chi connectivity index (χ0n) is 14.9. The SMILES string of the molecule is O=C(NCCN1C(=O)N=C2C=CSC2C1=O)C1CC(=O)N(c2ccccc2)C1. The molecule has 2 unspecified atom stereocenters. The van der Waals surface area contributed by atoms with E-state index in [4.69, 9.17) is 0 Å². The molecule has 1 fully saturated rings. The summed E-state index contributed by atoms with van der Waals surface area (Å²) in [7, 11) is 0. The summed E-state index contributed by atoms with van der Waals surface area (Å²) >= 11 is 1.31. The molecule has 3 heterocycles. The third kappa shape index (κ3) is 3.45. The first kappa shape index (κ1) is 18.4. The molecule has 0 aromatic heterocycles. The van der Waals surface area contributed by atoms with Gasteiger partial charge in [-0.2, -0.15) is 4.99 Å². The molecule has 0 aliphatic carbocycles. The molecule has 28 heavy (non-hydrogen) atoms. The highest BCUT2D eigenvalue weighted by Crippen LogP contribution is 2.28. The molecule has 1 aromatic rings. The molecule has 1 saturated heterocycles. The fourth-order valence-corrected chi connectivity index (χ4v) is 4.30. The third-order valence-corrected chi connectivity index (χ3v) is 5.87. The maximum Gasteiger partial charge on any atom is 0.350 e. The number of aliphatic imine (C=N–C) groups is 1. The molecule has 2 atom stereocenters. The summed E-state index contributed by atoms with van der Waals surface area (Å²) in [5, 5.41) is 4.00. The molecule has 9 heteroatoms. The summed E-state index contributed by atoms with van der Waals surface area (Å²) in [6.45, 7) is 0.497. The van der Waals surface area contributed by atoms with Gasteiger partial charge in [0.2, 0.25) is 17.7 Å². The van der Waals surface area contributed by atoms with Gasteiger partial charge in [-0.05, 0) is 23.6 Å². The summed E-state index contributed by atoms with van der Waals surface area (Å²) in [4.78, 5) is 55.7. The van der Waals surface area contributed by atoms with Crippen molar-refractivity contribution in [3.63, 3.8) is 0 Å². The van der Waals surface area contributed by atoms with E-state index in [9.17, 15) is 19.2 Å². The molecule has 0 saturated carbocycles. The number of thioether (sulfide) groups is 1. The lowest BCUT2D eigenvalue weighted by atomic mass is 10.1. The molecule has 5 amide bonds. The number of allylic oxidation sites excluding steroid dienone is 1. The van der Waals surface area contributed by atoms with Crippen LogP contribution in [0, 0.1) is 5.92 Å². The number of carbonyl (C=O) groups is 4. The molecule has 3 aliphatic heterocycles. The minimum atomic E-state index is -0.607. The van der Waals surface area contributed by atoms with E-state index in [0.29, 0.717) is 12.3 Å². The van der Waals surface area contributed by atoms with E-state index < -0.39 is 17.2 Å². The normalized spacial score (nSPS) is 23.9. The molecular weight excluding hydrogens is 380 g/mol. The predicted molar refractivity (Wildman–Crippen MR) is 105 cm³/mol. The minimum absolute atomic E-state index is 0.0559. The van der Waals surface area contributed by atoms with Crippen LogP contribution in [0.3, 0.4) is 0 Å². The first-order valence-corrected chi connectivity index (χ1v) is 9.88. The quantitative estimate of drug-likeness (QED) is 0.803. The van der Waals surface area contributed by atoms with E-state index in [1.807, 2.05) is 30.3 Å². The maximum absolute atomic E-state index is 12.4. The Morgan fingerprint density at radius 1 is 1.21 bits per heavy atom. The van der Waals surface area contributed by atoms with Crippen LogP contribution in [0.2, 0.25) is 0 Å². The lowest BCUT2D eigenvalue weighted by Crippen LogP contribution is -2.49. The Hall–Kier alpha value is -2.94. The van der Waals surface area contributed by atoms with E-state index in [2.05, 4.69) is 10.3 Å². The van der Waals surface area contributed by atoms with Gasteiger partial charge in [-0.15, -0.1) is 11.8 Å². The topological polar surface area (TPSA) is 99.1 Å². The summed E-state index contributed by atoms with van der Waals surface area (Å²) in [5.74, 6) is -1.13. The fraction of sp³-hybridized carbons (Fsp3) is 0.316. The number of anilines is 1. The highest BCUT2D eigenvalue weighted by atomic mass is 32.2. The van der Waals surface area contributed by atoms with Gasteiger partial charge in [-0.3, -0.25) is 19.3 Å². The van der Waals surface area contributed by atoms with Crippen LogP contribution in [0.1, 0.15) is 6.42 Å². The summed E-state index contributed by atoms with van der Waals surface area (Å²) in [6.07, 6.45) is 1.81. The van der Waals surface area contributed by atoms with Crippen LogP contribution in [0.5, 0.6) is 0 Å². The Labute approximate surface area is 165 Å². The first-order valence-electron chi connectivity index (χ1n) is 8.93. The number of rotatable bonds is 5. The second-order valence-corrected chi connectivity index (χ2v) is 7.68. The average Bonchev–Trinajstić information content (AvgIpc) is 3.31. The molecule has 0 bridgehead atoms.